The average molecular weight is 359 g/mol. The molecule has 0 aliphatic rings. The van der Waals surface area contributed by atoms with Gasteiger partial charge < -0.3 is 14.6 Å². The molecule has 24 heavy (non-hydrogen) atoms. The van der Waals surface area contributed by atoms with E-state index in [1.807, 2.05) is 0 Å². The number of benzene rings is 1. The molecular weight excluding hydrogens is 338 g/mol. The minimum Gasteiger partial charge on any atom is -0.482 e. The van der Waals surface area contributed by atoms with Gasteiger partial charge in [0.2, 0.25) is 10.0 Å². The number of hydrogen-bond acceptors (Lipinski definition) is 6. The first kappa shape index (κ1) is 19.9. The summed E-state index contributed by atoms with van der Waals surface area (Å²) in [4.78, 5) is 22.1. The Morgan fingerprint density at radius 3 is 2.25 bits per heavy atom. The van der Waals surface area contributed by atoms with E-state index in [-0.39, 0.29) is 29.6 Å². The summed E-state index contributed by atoms with van der Waals surface area (Å²) in [7, 11) is -2.76. The van der Waals surface area contributed by atoms with Gasteiger partial charge in [0, 0.05) is 0 Å². The predicted octanol–water partition coefficient (Wildman–Crippen LogP) is 1.02. The van der Waals surface area contributed by atoms with E-state index in [1.54, 1.807) is 13.8 Å². The number of carbonyl (C=O) groups is 2. The Morgan fingerprint density at radius 1 is 1.21 bits per heavy atom. The van der Waals surface area contributed by atoms with Gasteiger partial charge in [0.25, 0.3) is 0 Å². The standard InChI is InChI=1S/C15H21NO7S/c1-10(2)8-13(15(18)19)16-24(20,21)12-6-4-11(5-7-12)23-9-14(17)22-3/h4-7,10,13,16H,8-9H2,1-3H3,(H,18,19). The number of sulfonamides is 1. The van der Waals surface area contributed by atoms with Gasteiger partial charge in [-0.25, -0.2) is 13.2 Å². The van der Waals surface area contributed by atoms with Crippen LogP contribution in [0.4, 0.5) is 0 Å². The summed E-state index contributed by atoms with van der Waals surface area (Å²) in [6, 6.07) is 4.07. The van der Waals surface area contributed by atoms with Crippen molar-refractivity contribution in [1.29, 1.82) is 0 Å². The molecule has 2 N–H and O–H groups in total. The summed E-state index contributed by atoms with van der Waals surface area (Å²) >= 11 is 0. The summed E-state index contributed by atoms with van der Waals surface area (Å²) in [6.45, 7) is 3.31. The molecule has 8 nitrogen and oxygen atoms in total. The third-order valence-electron chi connectivity index (χ3n) is 3.02. The molecule has 1 atom stereocenters. The highest BCUT2D eigenvalue weighted by Gasteiger charge is 2.26. The second-order valence-electron chi connectivity index (χ2n) is 5.48. The number of hydrogen-bond donors (Lipinski definition) is 2. The Kier molecular flexibility index (Phi) is 7.18. The van der Waals surface area contributed by atoms with Crippen molar-refractivity contribution in [2.75, 3.05) is 13.7 Å². The van der Waals surface area contributed by atoms with Crippen LogP contribution in [0.2, 0.25) is 0 Å². The fraction of sp³-hybridized carbons (Fsp3) is 0.467. The van der Waals surface area contributed by atoms with Crippen molar-refractivity contribution < 1.29 is 32.6 Å². The van der Waals surface area contributed by atoms with E-state index < -0.39 is 28.0 Å². The second-order valence-corrected chi connectivity index (χ2v) is 7.19. The van der Waals surface area contributed by atoms with Crippen LogP contribution in [0.3, 0.4) is 0 Å². The SMILES string of the molecule is COC(=O)COc1ccc(S(=O)(=O)NC(CC(C)C)C(=O)O)cc1. The third-order valence-corrected chi connectivity index (χ3v) is 4.51. The van der Waals surface area contributed by atoms with Crippen molar-refractivity contribution in [3.05, 3.63) is 24.3 Å². The van der Waals surface area contributed by atoms with Crippen LogP contribution in [-0.4, -0.2) is 45.2 Å². The lowest BCUT2D eigenvalue weighted by Crippen LogP contribution is -2.41. The average Bonchev–Trinajstić information content (AvgIpc) is 2.51. The van der Waals surface area contributed by atoms with Gasteiger partial charge in [-0.2, -0.15) is 4.72 Å². The zero-order chi connectivity index (χ0) is 18.3. The smallest absolute Gasteiger partial charge is 0.343 e. The molecule has 0 aliphatic heterocycles. The Labute approximate surface area is 140 Å². The van der Waals surface area contributed by atoms with Crippen molar-refractivity contribution in [3.63, 3.8) is 0 Å². The van der Waals surface area contributed by atoms with Crippen molar-refractivity contribution in [2.24, 2.45) is 5.92 Å². The normalized spacial score (nSPS) is 12.7. The minimum atomic E-state index is -3.98. The molecule has 1 unspecified atom stereocenters. The molecule has 0 aliphatic carbocycles. The molecular formula is C15H21NO7S. The largest absolute Gasteiger partial charge is 0.482 e. The molecule has 0 saturated heterocycles. The molecule has 0 spiro atoms. The van der Waals surface area contributed by atoms with Crippen LogP contribution in [0.1, 0.15) is 20.3 Å². The number of carbonyl (C=O) groups excluding carboxylic acids is 1. The van der Waals surface area contributed by atoms with Gasteiger partial charge in [-0.05, 0) is 36.6 Å². The van der Waals surface area contributed by atoms with Crippen LogP contribution in [0.15, 0.2) is 29.2 Å². The number of ether oxygens (including phenoxy) is 2. The zero-order valence-electron chi connectivity index (χ0n) is 13.7. The summed E-state index contributed by atoms with van der Waals surface area (Å²) in [6.07, 6.45) is 0.175. The zero-order valence-corrected chi connectivity index (χ0v) is 14.5. The number of nitrogens with one attached hydrogen (secondary N) is 1. The maximum atomic E-state index is 12.3. The highest BCUT2D eigenvalue weighted by molar-refractivity contribution is 7.89. The number of carboxylic acids is 1. The minimum absolute atomic E-state index is 0.0166. The first-order valence-electron chi connectivity index (χ1n) is 7.20. The number of carboxylic acid groups (broad SMARTS) is 1. The van der Waals surface area contributed by atoms with Crippen LogP contribution in [0.25, 0.3) is 0 Å². The lowest BCUT2D eigenvalue weighted by Gasteiger charge is -2.16. The van der Waals surface area contributed by atoms with E-state index in [4.69, 9.17) is 9.84 Å². The van der Waals surface area contributed by atoms with E-state index in [0.717, 1.165) is 0 Å². The molecule has 0 amide bonds. The topological polar surface area (TPSA) is 119 Å². The molecule has 0 heterocycles. The van der Waals surface area contributed by atoms with Crippen molar-refractivity contribution in [3.8, 4) is 5.75 Å². The molecule has 0 radical (unpaired) electrons. The summed E-state index contributed by atoms with van der Waals surface area (Å²) in [5, 5.41) is 9.13. The van der Waals surface area contributed by atoms with Gasteiger partial charge in [0.1, 0.15) is 11.8 Å². The van der Waals surface area contributed by atoms with E-state index in [2.05, 4.69) is 9.46 Å². The van der Waals surface area contributed by atoms with Crippen LogP contribution < -0.4 is 9.46 Å². The number of methoxy groups -OCH3 is 1. The van der Waals surface area contributed by atoms with Gasteiger partial charge in [-0.15, -0.1) is 0 Å². The molecule has 1 aromatic rings. The summed E-state index contributed by atoms with van der Waals surface area (Å²) in [5.74, 6) is -1.49. The van der Waals surface area contributed by atoms with Crippen LogP contribution in [0, 0.1) is 5.92 Å². The van der Waals surface area contributed by atoms with E-state index >= 15 is 0 Å². The summed E-state index contributed by atoms with van der Waals surface area (Å²) in [5.41, 5.74) is 0. The van der Waals surface area contributed by atoms with Gasteiger partial charge in [-0.1, -0.05) is 13.8 Å². The predicted molar refractivity (Wildman–Crippen MR) is 85.2 cm³/mol. The van der Waals surface area contributed by atoms with Crippen LogP contribution in [0.5, 0.6) is 5.75 Å². The molecule has 134 valence electrons. The van der Waals surface area contributed by atoms with Crippen LogP contribution >= 0.6 is 0 Å². The van der Waals surface area contributed by atoms with E-state index in [9.17, 15) is 18.0 Å². The summed E-state index contributed by atoms with van der Waals surface area (Å²) < 4.78 is 36.2. The quantitative estimate of drug-likeness (QED) is 0.632. The van der Waals surface area contributed by atoms with Gasteiger partial charge >= 0.3 is 11.9 Å². The van der Waals surface area contributed by atoms with Crippen molar-refractivity contribution in [1.82, 2.24) is 4.72 Å². The Bertz CT molecular complexity index is 668. The first-order chi connectivity index (χ1) is 11.2. The molecule has 0 bridgehead atoms. The second kappa shape index (κ2) is 8.65. The van der Waals surface area contributed by atoms with Gasteiger partial charge in [0.15, 0.2) is 6.61 Å². The third kappa shape index (κ3) is 6.17. The van der Waals surface area contributed by atoms with Gasteiger partial charge in [-0.3, -0.25) is 4.79 Å². The fourth-order valence-corrected chi connectivity index (χ4v) is 3.04. The monoisotopic (exact) mass is 359 g/mol. The number of esters is 1. The maximum Gasteiger partial charge on any atom is 0.343 e. The fourth-order valence-electron chi connectivity index (χ4n) is 1.84. The maximum absolute atomic E-state index is 12.3. The van der Waals surface area contributed by atoms with Crippen molar-refractivity contribution in [2.45, 2.75) is 31.2 Å². The highest BCUT2D eigenvalue weighted by atomic mass is 32.2. The molecule has 1 rings (SSSR count). The Balaban J connectivity index is 2.83. The molecule has 0 fully saturated rings. The lowest BCUT2D eigenvalue weighted by molar-refractivity contribution is -0.143. The molecule has 1 aromatic carbocycles. The molecule has 9 heteroatoms. The number of rotatable bonds is 9. The highest BCUT2D eigenvalue weighted by Crippen LogP contribution is 2.17. The first-order valence-corrected chi connectivity index (χ1v) is 8.69. The van der Waals surface area contributed by atoms with Crippen LogP contribution in [-0.2, 0) is 24.3 Å². The van der Waals surface area contributed by atoms with Crippen molar-refractivity contribution >= 4 is 22.0 Å². The lowest BCUT2D eigenvalue weighted by atomic mass is 10.1. The Morgan fingerprint density at radius 2 is 1.79 bits per heavy atom. The molecule has 0 saturated carbocycles. The van der Waals surface area contributed by atoms with E-state index in [0.29, 0.717) is 0 Å². The number of aliphatic carboxylic acids is 1. The Hall–Kier alpha value is -2.13. The van der Waals surface area contributed by atoms with Gasteiger partial charge in [0.05, 0.1) is 12.0 Å². The molecule has 0 aromatic heterocycles. The van der Waals surface area contributed by atoms with E-state index in [1.165, 1.54) is 31.4 Å².